The molecule has 0 aliphatic rings. The van der Waals surface area contributed by atoms with Crippen LogP contribution in [-0.4, -0.2) is 56.6 Å². The first-order chi connectivity index (χ1) is 15.9. The molecule has 0 unspecified atom stereocenters. The molecule has 0 aromatic heterocycles. The first-order valence-electron chi connectivity index (χ1n) is 11.0. The first kappa shape index (κ1) is 28.0. The number of nitrogens with one attached hydrogen (secondary N) is 1. The number of nitrogens with zero attached hydrogens (tertiary/aromatic N) is 2. The molecule has 0 aliphatic carbocycles. The zero-order valence-corrected chi connectivity index (χ0v) is 22.1. The molecule has 0 spiro atoms. The van der Waals surface area contributed by atoms with Crippen LogP contribution in [0.1, 0.15) is 32.8 Å². The Kier molecular flexibility index (Phi) is 10.2. The lowest BCUT2D eigenvalue weighted by molar-refractivity contribution is -0.139. The van der Waals surface area contributed by atoms with Crippen LogP contribution in [0.4, 0.5) is 5.69 Å². The molecule has 2 rings (SSSR count). The number of amides is 2. The Hall–Kier alpha value is -2.29. The normalized spacial score (nSPS) is 13.1. The number of anilines is 1. The van der Waals surface area contributed by atoms with Gasteiger partial charge in [0.1, 0.15) is 12.6 Å². The number of rotatable bonds is 11. The molecule has 1 N–H and O–H groups in total. The Labute approximate surface area is 212 Å². The van der Waals surface area contributed by atoms with Crippen LogP contribution < -0.4 is 9.62 Å². The summed E-state index contributed by atoms with van der Waals surface area (Å²) in [6.07, 6.45) is 2.27. The van der Waals surface area contributed by atoms with E-state index in [1.807, 2.05) is 44.2 Å². The first-order valence-corrected chi connectivity index (χ1v) is 13.6. The van der Waals surface area contributed by atoms with Crippen LogP contribution in [0.15, 0.2) is 48.5 Å². The Morgan fingerprint density at radius 1 is 1.03 bits per heavy atom. The minimum atomic E-state index is -3.83. The molecule has 2 amide bonds. The van der Waals surface area contributed by atoms with Crippen LogP contribution in [0.5, 0.6) is 0 Å². The predicted molar refractivity (Wildman–Crippen MR) is 138 cm³/mol. The quantitative estimate of drug-likeness (QED) is 0.475. The molecule has 2 atom stereocenters. The number of carbonyl (C=O) groups excluding carboxylic acids is 2. The van der Waals surface area contributed by atoms with Crippen LogP contribution in [0.3, 0.4) is 0 Å². The summed E-state index contributed by atoms with van der Waals surface area (Å²) in [5, 5.41) is 3.33. The maximum Gasteiger partial charge on any atom is 0.244 e. The number of benzene rings is 2. The van der Waals surface area contributed by atoms with Crippen molar-refractivity contribution in [3.05, 3.63) is 64.1 Å². The van der Waals surface area contributed by atoms with Crippen molar-refractivity contribution in [2.75, 3.05) is 23.7 Å². The van der Waals surface area contributed by atoms with Crippen molar-refractivity contribution in [1.29, 1.82) is 0 Å². The highest BCUT2D eigenvalue weighted by Crippen LogP contribution is 2.28. The van der Waals surface area contributed by atoms with Gasteiger partial charge in [0.15, 0.2) is 0 Å². The summed E-state index contributed by atoms with van der Waals surface area (Å²) >= 11 is 12.0. The van der Waals surface area contributed by atoms with E-state index in [-0.39, 0.29) is 34.2 Å². The van der Waals surface area contributed by atoms with Gasteiger partial charge in [0.2, 0.25) is 21.8 Å². The van der Waals surface area contributed by atoms with E-state index in [0.717, 1.165) is 22.5 Å². The van der Waals surface area contributed by atoms with E-state index in [0.29, 0.717) is 6.42 Å². The molecule has 10 heteroatoms. The van der Waals surface area contributed by atoms with Gasteiger partial charge in [-0.3, -0.25) is 13.9 Å². The van der Waals surface area contributed by atoms with Gasteiger partial charge in [-0.25, -0.2) is 8.42 Å². The molecule has 0 aliphatic heterocycles. The molecule has 2 aromatic carbocycles. The van der Waals surface area contributed by atoms with E-state index in [4.69, 9.17) is 23.2 Å². The van der Waals surface area contributed by atoms with E-state index < -0.39 is 28.5 Å². The molecule has 0 radical (unpaired) electrons. The van der Waals surface area contributed by atoms with Gasteiger partial charge in [-0.1, -0.05) is 60.5 Å². The van der Waals surface area contributed by atoms with Crippen molar-refractivity contribution >= 4 is 50.7 Å². The van der Waals surface area contributed by atoms with Crippen LogP contribution in [0.25, 0.3) is 0 Å². The third-order valence-electron chi connectivity index (χ3n) is 5.52. The number of carbonyl (C=O) groups is 2. The maximum absolute atomic E-state index is 13.4. The summed E-state index contributed by atoms with van der Waals surface area (Å²) in [7, 11) is -3.83. The van der Waals surface area contributed by atoms with Crippen molar-refractivity contribution in [3.63, 3.8) is 0 Å². The summed E-state index contributed by atoms with van der Waals surface area (Å²) < 4.78 is 26.1. The summed E-state index contributed by atoms with van der Waals surface area (Å²) in [4.78, 5) is 27.7. The van der Waals surface area contributed by atoms with E-state index in [9.17, 15) is 18.0 Å². The molecule has 0 saturated carbocycles. The second-order valence-corrected chi connectivity index (χ2v) is 10.9. The number of halogens is 2. The molecular formula is C24H31Cl2N3O4S. The highest BCUT2D eigenvalue weighted by atomic mass is 35.5. The molecular weight excluding hydrogens is 497 g/mol. The van der Waals surface area contributed by atoms with Crippen molar-refractivity contribution in [2.24, 2.45) is 0 Å². The predicted octanol–water partition coefficient (Wildman–Crippen LogP) is 4.13. The fourth-order valence-corrected chi connectivity index (χ4v) is 4.42. The smallest absolute Gasteiger partial charge is 0.244 e. The Balaban J connectivity index is 2.33. The van der Waals surface area contributed by atoms with Crippen LogP contribution >= 0.6 is 23.2 Å². The SMILES string of the molecule is CC[C@@H](C)NC(=O)[C@H](C)N(CCc1ccccc1)C(=O)CN(c1ccc(Cl)c(Cl)c1)S(C)(=O)=O. The topological polar surface area (TPSA) is 86.8 Å². The van der Waals surface area contributed by atoms with Gasteiger partial charge in [-0.05, 0) is 50.5 Å². The Bertz CT molecular complexity index is 1100. The van der Waals surface area contributed by atoms with Crippen LogP contribution in [0, 0.1) is 0 Å². The third kappa shape index (κ3) is 7.89. The zero-order chi connectivity index (χ0) is 25.5. The Morgan fingerprint density at radius 3 is 2.24 bits per heavy atom. The van der Waals surface area contributed by atoms with Gasteiger partial charge in [-0.2, -0.15) is 0 Å². The number of sulfonamides is 1. The molecule has 34 heavy (non-hydrogen) atoms. The summed E-state index contributed by atoms with van der Waals surface area (Å²) in [6.45, 7) is 5.25. The lowest BCUT2D eigenvalue weighted by atomic mass is 10.1. The number of hydrogen-bond acceptors (Lipinski definition) is 4. The van der Waals surface area contributed by atoms with Gasteiger partial charge in [-0.15, -0.1) is 0 Å². The fourth-order valence-electron chi connectivity index (χ4n) is 3.29. The maximum atomic E-state index is 13.4. The standard InChI is InChI=1S/C24H31Cl2N3O4S/c1-5-17(2)27-24(31)18(3)28(14-13-19-9-7-6-8-10-19)23(30)16-29(34(4,32)33)20-11-12-21(25)22(26)15-20/h6-12,15,17-18H,5,13-14,16H2,1-4H3,(H,27,31)/t17-,18+/m1/s1. The van der Waals surface area contributed by atoms with Gasteiger partial charge < -0.3 is 10.2 Å². The lowest BCUT2D eigenvalue weighted by Crippen LogP contribution is -2.53. The minimum absolute atomic E-state index is 0.0512. The van der Waals surface area contributed by atoms with E-state index in [2.05, 4.69) is 5.32 Å². The number of hydrogen-bond donors (Lipinski definition) is 1. The van der Waals surface area contributed by atoms with Gasteiger partial charge >= 0.3 is 0 Å². The molecule has 0 bridgehead atoms. The monoisotopic (exact) mass is 527 g/mol. The largest absolute Gasteiger partial charge is 0.352 e. The van der Waals surface area contributed by atoms with Crippen molar-refractivity contribution < 1.29 is 18.0 Å². The van der Waals surface area contributed by atoms with Crippen molar-refractivity contribution in [3.8, 4) is 0 Å². The molecule has 186 valence electrons. The highest BCUT2D eigenvalue weighted by molar-refractivity contribution is 7.92. The highest BCUT2D eigenvalue weighted by Gasteiger charge is 2.30. The van der Waals surface area contributed by atoms with Crippen LogP contribution in [0.2, 0.25) is 10.0 Å². The fraction of sp³-hybridized carbons (Fsp3) is 0.417. The Morgan fingerprint density at radius 2 is 1.68 bits per heavy atom. The second-order valence-electron chi connectivity index (χ2n) is 8.18. The van der Waals surface area contributed by atoms with E-state index >= 15 is 0 Å². The van der Waals surface area contributed by atoms with E-state index in [1.165, 1.54) is 23.1 Å². The molecule has 0 fully saturated rings. The molecule has 7 nitrogen and oxygen atoms in total. The average molecular weight is 529 g/mol. The molecule has 0 saturated heterocycles. The average Bonchev–Trinajstić information content (AvgIpc) is 2.79. The second kappa shape index (κ2) is 12.4. The zero-order valence-electron chi connectivity index (χ0n) is 19.8. The van der Waals surface area contributed by atoms with Crippen molar-refractivity contribution in [2.45, 2.75) is 45.7 Å². The van der Waals surface area contributed by atoms with Gasteiger partial charge in [0.25, 0.3) is 0 Å². The molecule has 0 heterocycles. The van der Waals surface area contributed by atoms with Gasteiger partial charge in [0, 0.05) is 12.6 Å². The summed E-state index contributed by atoms with van der Waals surface area (Å²) in [6, 6.07) is 13.1. The third-order valence-corrected chi connectivity index (χ3v) is 7.40. The lowest BCUT2D eigenvalue weighted by Gasteiger charge is -2.32. The summed E-state index contributed by atoms with van der Waals surface area (Å²) in [5.74, 6) is -0.796. The molecule has 2 aromatic rings. The van der Waals surface area contributed by atoms with Crippen molar-refractivity contribution in [1.82, 2.24) is 10.2 Å². The summed E-state index contributed by atoms with van der Waals surface area (Å²) in [5.41, 5.74) is 1.21. The van der Waals surface area contributed by atoms with E-state index in [1.54, 1.807) is 6.92 Å². The van der Waals surface area contributed by atoms with Crippen LogP contribution in [-0.2, 0) is 26.0 Å². The van der Waals surface area contributed by atoms with Gasteiger partial charge in [0.05, 0.1) is 22.0 Å². The minimum Gasteiger partial charge on any atom is -0.352 e.